The Labute approximate surface area is 117 Å². The van der Waals surface area contributed by atoms with Crippen LogP contribution in [0.3, 0.4) is 0 Å². The van der Waals surface area contributed by atoms with Crippen LogP contribution in [0.1, 0.15) is 24.2 Å². The van der Waals surface area contributed by atoms with Crippen LogP contribution < -0.4 is 4.90 Å². The molecule has 0 saturated carbocycles. The summed E-state index contributed by atoms with van der Waals surface area (Å²) in [6, 6.07) is 13.2. The third kappa shape index (κ3) is 3.01. The molecule has 0 bridgehead atoms. The van der Waals surface area contributed by atoms with Gasteiger partial charge in [-0.1, -0.05) is 23.7 Å². The summed E-state index contributed by atoms with van der Waals surface area (Å²) < 4.78 is 0. The molecule has 19 heavy (non-hydrogen) atoms. The maximum atomic E-state index is 8.70. The molecule has 0 saturated heterocycles. The van der Waals surface area contributed by atoms with E-state index in [2.05, 4.69) is 17.1 Å². The summed E-state index contributed by atoms with van der Waals surface area (Å²) in [7, 11) is 1.94. The van der Waals surface area contributed by atoms with E-state index in [1.807, 2.05) is 42.3 Å². The van der Waals surface area contributed by atoms with Crippen LogP contribution in [-0.2, 0) is 0 Å². The first-order valence-electron chi connectivity index (χ1n) is 5.84. The van der Waals surface area contributed by atoms with Crippen molar-refractivity contribution < 1.29 is 0 Å². The molecule has 0 aliphatic heterocycles. The number of hydrogen-bond donors (Lipinski definition) is 0. The number of halogens is 1. The second kappa shape index (κ2) is 5.68. The third-order valence-electron chi connectivity index (χ3n) is 3.06. The fourth-order valence-corrected chi connectivity index (χ4v) is 1.86. The molecule has 1 aromatic carbocycles. The van der Waals surface area contributed by atoms with Crippen molar-refractivity contribution in [3.8, 4) is 6.07 Å². The summed E-state index contributed by atoms with van der Waals surface area (Å²) in [6.07, 6.45) is 0. The first kappa shape index (κ1) is 13.3. The molecule has 2 aromatic rings. The van der Waals surface area contributed by atoms with Gasteiger partial charge >= 0.3 is 0 Å². The molecule has 0 amide bonds. The van der Waals surface area contributed by atoms with Crippen molar-refractivity contribution >= 4 is 17.4 Å². The minimum atomic E-state index is 0.138. The number of rotatable bonds is 3. The van der Waals surface area contributed by atoms with Crippen LogP contribution in [0, 0.1) is 11.3 Å². The lowest BCUT2D eigenvalue weighted by Crippen LogP contribution is -2.22. The third-order valence-corrected chi connectivity index (χ3v) is 3.31. The van der Waals surface area contributed by atoms with Gasteiger partial charge in [0.15, 0.2) is 11.5 Å². The monoisotopic (exact) mass is 272 g/mol. The Morgan fingerprint density at radius 3 is 2.37 bits per heavy atom. The minimum absolute atomic E-state index is 0.138. The molecule has 0 N–H and O–H groups in total. The molecular weight excluding hydrogens is 260 g/mol. The predicted molar refractivity (Wildman–Crippen MR) is 75.0 cm³/mol. The van der Waals surface area contributed by atoms with Gasteiger partial charge in [-0.3, -0.25) is 0 Å². The van der Waals surface area contributed by atoms with Crippen LogP contribution in [0.25, 0.3) is 0 Å². The van der Waals surface area contributed by atoms with E-state index >= 15 is 0 Å². The fourth-order valence-electron chi connectivity index (χ4n) is 1.74. The Kier molecular flexibility index (Phi) is 3.98. The van der Waals surface area contributed by atoms with Gasteiger partial charge in [0.1, 0.15) is 6.07 Å². The Morgan fingerprint density at radius 1 is 1.16 bits per heavy atom. The van der Waals surface area contributed by atoms with Crippen LogP contribution in [0.2, 0.25) is 5.02 Å². The van der Waals surface area contributed by atoms with Crippen molar-refractivity contribution in [2.45, 2.75) is 13.0 Å². The highest BCUT2D eigenvalue weighted by Crippen LogP contribution is 2.24. The van der Waals surface area contributed by atoms with Gasteiger partial charge in [-0.25, -0.2) is 0 Å². The zero-order chi connectivity index (χ0) is 13.8. The molecule has 1 atom stereocenters. The number of benzene rings is 1. The van der Waals surface area contributed by atoms with E-state index in [0.717, 1.165) is 16.4 Å². The number of nitrogens with zero attached hydrogens (tertiary/aromatic N) is 4. The van der Waals surface area contributed by atoms with Crippen LogP contribution in [0.5, 0.6) is 0 Å². The molecule has 0 aliphatic carbocycles. The van der Waals surface area contributed by atoms with Crippen molar-refractivity contribution in [2.24, 2.45) is 0 Å². The van der Waals surface area contributed by atoms with Gasteiger partial charge in [0.25, 0.3) is 0 Å². The maximum absolute atomic E-state index is 8.70. The molecule has 2 rings (SSSR count). The smallest absolute Gasteiger partial charge is 0.163 e. The number of anilines is 1. The first-order chi connectivity index (χ1) is 9.11. The summed E-state index contributed by atoms with van der Waals surface area (Å²) in [4.78, 5) is 2.00. The van der Waals surface area contributed by atoms with E-state index in [-0.39, 0.29) is 6.04 Å². The standard InChI is InChI=1S/C14H13ClN4/c1-10(11-3-5-12(15)6-4-11)19(2)14-8-7-13(9-16)17-18-14/h3-8,10H,1-2H3. The Balaban J connectivity index is 2.20. The van der Waals surface area contributed by atoms with Gasteiger partial charge in [0, 0.05) is 12.1 Å². The minimum Gasteiger partial charge on any atom is -0.351 e. The lowest BCUT2D eigenvalue weighted by Gasteiger charge is -2.25. The quantitative estimate of drug-likeness (QED) is 0.861. The molecule has 96 valence electrons. The molecule has 5 heteroatoms. The molecule has 0 spiro atoms. The summed E-state index contributed by atoms with van der Waals surface area (Å²) >= 11 is 5.88. The fraction of sp³-hybridized carbons (Fsp3) is 0.214. The SMILES string of the molecule is CC(c1ccc(Cl)cc1)N(C)c1ccc(C#N)nn1. The molecule has 1 heterocycles. The van der Waals surface area contributed by atoms with Crippen LogP contribution in [0.15, 0.2) is 36.4 Å². The highest BCUT2D eigenvalue weighted by atomic mass is 35.5. The van der Waals surface area contributed by atoms with E-state index in [4.69, 9.17) is 16.9 Å². The largest absolute Gasteiger partial charge is 0.351 e. The van der Waals surface area contributed by atoms with E-state index in [1.165, 1.54) is 0 Å². The van der Waals surface area contributed by atoms with Crippen LogP contribution in [-0.4, -0.2) is 17.2 Å². The van der Waals surface area contributed by atoms with Gasteiger partial charge in [0.05, 0.1) is 6.04 Å². The molecule has 0 radical (unpaired) electrons. The molecule has 1 unspecified atom stereocenters. The molecule has 0 fully saturated rings. The van der Waals surface area contributed by atoms with Gasteiger partial charge in [-0.2, -0.15) is 5.26 Å². The number of hydrogen-bond acceptors (Lipinski definition) is 4. The van der Waals surface area contributed by atoms with Crippen LogP contribution >= 0.6 is 11.6 Å². The van der Waals surface area contributed by atoms with Gasteiger partial charge in [-0.15, -0.1) is 10.2 Å². The normalized spacial score (nSPS) is 11.7. The summed E-state index contributed by atoms with van der Waals surface area (Å²) in [6.45, 7) is 2.07. The van der Waals surface area contributed by atoms with Gasteiger partial charge in [-0.05, 0) is 36.8 Å². The van der Waals surface area contributed by atoms with Crippen molar-refractivity contribution in [3.63, 3.8) is 0 Å². The second-order valence-electron chi connectivity index (χ2n) is 4.23. The average Bonchev–Trinajstić information content (AvgIpc) is 2.46. The highest BCUT2D eigenvalue weighted by molar-refractivity contribution is 6.30. The van der Waals surface area contributed by atoms with E-state index in [1.54, 1.807) is 12.1 Å². The van der Waals surface area contributed by atoms with Gasteiger partial charge < -0.3 is 4.90 Å². The summed E-state index contributed by atoms with van der Waals surface area (Å²) in [5, 5.41) is 17.3. The molecule has 0 aliphatic rings. The second-order valence-corrected chi connectivity index (χ2v) is 4.66. The average molecular weight is 273 g/mol. The zero-order valence-corrected chi connectivity index (χ0v) is 11.5. The van der Waals surface area contributed by atoms with Gasteiger partial charge in [0.2, 0.25) is 0 Å². The molecule has 4 nitrogen and oxygen atoms in total. The van der Waals surface area contributed by atoms with E-state index in [9.17, 15) is 0 Å². The predicted octanol–water partition coefficient (Wildman–Crippen LogP) is 3.20. The maximum Gasteiger partial charge on any atom is 0.163 e. The molecular formula is C14H13ClN4. The number of nitriles is 1. The summed E-state index contributed by atoms with van der Waals surface area (Å²) in [5.41, 5.74) is 1.45. The first-order valence-corrected chi connectivity index (χ1v) is 6.21. The Hall–Kier alpha value is -2.12. The Bertz CT molecular complexity index is 586. The lowest BCUT2D eigenvalue weighted by molar-refractivity contribution is 0.719. The topological polar surface area (TPSA) is 52.8 Å². The van der Waals surface area contributed by atoms with Crippen molar-refractivity contribution in [3.05, 3.63) is 52.7 Å². The Morgan fingerprint density at radius 2 is 1.84 bits per heavy atom. The van der Waals surface area contributed by atoms with E-state index in [0.29, 0.717) is 5.69 Å². The van der Waals surface area contributed by atoms with Crippen molar-refractivity contribution in [2.75, 3.05) is 11.9 Å². The van der Waals surface area contributed by atoms with Crippen molar-refractivity contribution in [1.82, 2.24) is 10.2 Å². The number of aromatic nitrogens is 2. The summed E-state index contributed by atoms with van der Waals surface area (Å²) in [5.74, 6) is 0.724. The highest BCUT2D eigenvalue weighted by Gasteiger charge is 2.13. The zero-order valence-electron chi connectivity index (χ0n) is 10.7. The lowest BCUT2D eigenvalue weighted by atomic mass is 10.1. The molecule has 1 aromatic heterocycles. The van der Waals surface area contributed by atoms with Crippen LogP contribution in [0.4, 0.5) is 5.82 Å². The van der Waals surface area contributed by atoms with Crippen molar-refractivity contribution in [1.29, 1.82) is 5.26 Å². The van der Waals surface area contributed by atoms with E-state index < -0.39 is 0 Å².